The van der Waals surface area contributed by atoms with Gasteiger partial charge in [0, 0.05) is 0 Å². The molecule has 0 radical (unpaired) electrons. The van der Waals surface area contributed by atoms with Crippen molar-refractivity contribution < 1.29 is 103 Å². The van der Waals surface area contributed by atoms with Gasteiger partial charge in [-0.2, -0.15) is 0 Å². The second kappa shape index (κ2) is 31.7. The molecule has 0 N–H and O–H groups in total. The normalized spacial score (nSPS) is 11.9. The summed E-state index contributed by atoms with van der Waals surface area (Å²) < 4.78 is 15.4. The van der Waals surface area contributed by atoms with Crippen molar-refractivity contribution in [3.8, 4) is 0 Å². The summed E-state index contributed by atoms with van der Waals surface area (Å²) in [7, 11) is -9.57. The van der Waals surface area contributed by atoms with Gasteiger partial charge in [-0.15, -0.1) is 0 Å². The fourth-order valence-corrected chi connectivity index (χ4v) is 24.7. The van der Waals surface area contributed by atoms with Gasteiger partial charge in [0.15, 0.2) is 8.59 Å². The van der Waals surface area contributed by atoms with Crippen molar-refractivity contribution in [2.24, 2.45) is 0 Å². The van der Waals surface area contributed by atoms with Crippen LogP contribution < -0.4 is 62.0 Å². The van der Waals surface area contributed by atoms with Gasteiger partial charge in [-0.1, -0.05) is 69.6 Å². The summed E-state index contributed by atoms with van der Waals surface area (Å²) in [5, 5.41) is 7.83. The third-order valence-corrected chi connectivity index (χ3v) is 28.8. The first-order chi connectivity index (χ1) is 40.8. The quantitative estimate of drug-likeness (QED) is 0.118. The Morgan fingerprint density at radius 1 is 0.239 bits per heavy atom. The fraction of sp³-hybridized carbons (Fsp3) is 0.0345. The van der Waals surface area contributed by atoms with Crippen molar-refractivity contribution >= 4 is 214 Å². The van der Waals surface area contributed by atoms with Gasteiger partial charge in [-0.25, -0.2) is 0 Å². The summed E-state index contributed by atoms with van der Waals surface area (Å²) in [5.74, 6) is 0. The number of halogens is 13. The molecular weight excluding hydrogens is 1720 g/mol. The van der Waals surface area contributed by atoms with Crippen LogP contribution in [0.1, 0.15) is 0 Å². The van der Waals surface area contributed by atoms with E-state index in [1.807, 2.05) is 147 Å². The Morgan fingerprint density at radius 2 is 0.348 bits per heavy atom. The van der Waals surface area contributed by atoms with Crippen LogP contribution in [0.4, 0.5) is 0 Å². The van der Waals surface area contributed by atoms with E-state index in [0.29, 0.717) is 0 Å². The minimum absolute atomic E-state index is 0. The van der Waals surface area contributed by atoms with E-state index < -0.39 is 23.2 Å². The van der Waals surface area contributed by atoms with E-state index in [0.717, 1.165) is 88.3 Å². The summed E-state index contributed by atoms with van der Waals surface area (Å²) in [4.78, 5) is 38.7. The molecule has 0 aliphatic carbocycles. The van der Waals surface area contributed by atoms with Crippen LogP contribution in [-0.4, -0.2) is 117 Å². The molecule has 16 aromatic heterocycles. The third kappa shape index (κ3) is 12.7. The zero-order valence-electron chi connectivity index (χ0n) is 46.5. The molecule has 0 atom stereocenters. The van der Waals surface area contributed by atoms with Crippen molar-refractivity contribution in [1.29, 1.82) is 0 Å². The van der Waals surface area contributed by atoms with Crippen LogP contribution in [-0.2, 0) is 40.8 Å². The summed E-state index contributed by atoms with van der Waals surface area (Å²) in [6.07, 6.45) is 30.6. The van der Waals surface area contributed by atoms with Crippen molar-refractivity contribution in [3.05, 3.63) is 245 Å². The minimum Gasteiger partial charge on any atom is -1.00 e. The molecule has 0 aliphatic rings. The van der Waals surface area contributed by atoms with Crippen LogP contribution in [0.3, 0.4) is 0 Å². The van der Waals surface area contributed by atoms with Crippen LogP contribution in [0.15, 0.2) is 245 Å². The molecule has 16 nitrogen and oxygen atoms in total. The zero-order chi connectivity index (χ0) is 57.8. The molecule has 0 unspecified atom stereocenters. The molecule has 92 heavy (non-hydrogen) atoms. The number of rotatable bonds is 8. The number of aromatic nitrogens is 16. The van der Waals surface area contributed by atoms with E-state index in [2.05, 4.69) is 82.4 Å². The number of pyridine rings is 8. The maximum atomic E-state index is 8.63. The summed E-state index contributed by atoms with van der Waals surface area (Å²) >= 11 is 46.1. The Hall–Kier alpha value is -4.32. The maximum absolute atomic E-state index is 8.63. The molecular formula is C58H42Cl13GaN16Pd2Si2. The molecule has 0 saturated carbocycles. The molecule has 0 aromatic carbocycles. The van der Waals surface area contributed by atoms with Gasteiger partial charge < -0.3 is 62.0 Å². The predicted octanol–water partition coefficient (Wildman–Crippen LogP) is 0.0140. The smallest absolute Gasteiger partial charge is 1.00 e. The standard InChI is InChI=1S/2C28H20ClN8Si.2CHCl3.5ClH.Ga.2Pd/c2*29-38(34-17-9-21-5-1-13-30-25(21)34,35-18-10-22-6-2-14-31-26(22)35,36-19-11-23-7-3-15-32-27(23)36)37-20-12-24-8-4-16-33-28(24)37;2*2-1(3)4;;;;;;;;/h2*1-20H;2*1H;5*1H;;;/q2*-1;;;;;;;;+3;2*+2/p-5. The van der Waals surface area contributed by atoms with Gasteiger partial charge in [-0.05, 0) is 0 Å². The molecule has 0 aliphatic heterocycles. The summed E-state index contributed by atoms with van der Waals surface area (Å²) in [5.41, 5.74) is 6.03. The van der Waals surface area contributed by atoms with Gasteiger partial charge in [0.05, 0.1) is 0 Å². The van der Waals surface area contributed by atoms with E-state index >= 15 is 0 Å². The van der Waals surface area contributed by atoms with Crippen molar-refractivity contribution in [1.82, 2.24) is 73.7 Å². The van der Waals surface area contributed by atoms with Gasteiger partial charge in [-0.3, -0.25) is 0 Å². The molecule has 476 valence electrons. The number of nitrogens with zero attached hydrogens (tertiary/aromatic N) is 16. The van der Waals surface area contributed by atoms with Crippen LogP contribution in [0.5, 0.6) is 0 Å². The first kappa shape index (κ1) is 78.4. The Morgan fingerprint density at radius 3 is 0.457 bits per heavy atom. The van der Waals surface area contributed by atoms with Crippen molar-refractivity contribution in [3.63, 3.8) is 0 Å². The van der Waals surface area contributed by atoms with Gasteiger partial charge in [0.2, 0.25) is 0 Å². The van der Waals surface area contributed by atoms with Crippen LogP contribution in [0.25, 0.3) is 88.3 Å². The number of fused-ring (bicyclic) bond motifs is 8. The van der Waals surface area contributed by atoms with E-state index in [4.69, 9.17) is 132 Å². The average Bonchev–Trinajstić information content (AvgIpc) is 1.38. The van der Waals surface area contributed by atoms with Crippen LogP contribution in [0, 0.1) is 0 Å². The zero-order valence-corrected chi connectivity index (χ0v) is 63.9. The summed E-state index contributed by atoms with van der Waals surface area (Å²) in [6, 6.07) is 48.3. The molecule has 0 bridgehead atoms. The van der Waals surface area contributed by atoms with Gasteiger partial charge in [0.1, 0.15) is 0 Å². The molecule has 0 saturated heterocycles. The van der Waals surface area contributed by atoms with E-state index in [-0.39, 0.29) is 123 Å². The van der Waals surface area contributed by atoms with Crippen molar-refractivity contribution in [2.45, 2.75) is 8.59 Å². The van der Waals surface area contributed by atoms with Crippen LogP contribution >= 0.6 is 91.8 Å². The van der Waals surface area contributed by atoms with Crippen LogP contribution in [0.2, 0.25) is 0 Å². The molecule has 16 heterocycles. The minimum atomic E-state index is -4.79. The van der Waals surface area contributed by atoms with E-state index in [1.165, 1.54) is 0 Å². The molecule has 0 spiro atoms. The molecule has 0 amide bonds. The Labute approximate surface area is 637 Å². The first-order valence-corrected chi connectivity index (χ1v) is 35.0. The summed E-state index contributed by atoms with van der Waals surface area (Å²) in [6.45, 7) is 0. The van der Waals surface area contributed by atoms with Gasteiger partial charge in [0.25, 0.3) is 0 Å². The largest absolute Gasteiger partial charge is 3.00 e. The molecule has 0 fully saturated rings. The number of hydrogen-bond acceptors (Lipinski definition) is 8. The SMILES string of the molecule is ClC(Cl)Cl.ClC(Cl)Cl.Cl[Si-](n1ccc2cccnc21)(n1ccc2cccnc21)(n1ccc2cccnc21)n1ccc2cccnc21.Cl[Si-](n1ccc2cccnc21)(n1ccc2cccnc21)(n1ccc2cccnc21)n1ccc2cccnc21.[Cl-].[Cl-].[Cl-].[Cl-].[Cl-].[Ga+3].[Pd+2].[Pd+2]. The third-order valence-electron chi connectivity index (χ3n) is 14.9. The van der Waals surface area contributed by atoms with E-state index in [1.54, 1.807) is 49.6 Å². The second-order valence-electron chi connectivity index (χ2n) is 19.2. The fourth-order valence-electron chi connectivity index (χ4n) is 11.6. The van der Waals surface area contributed by atoms with Gasteiger partial charge >= 0.3 is 504 Å². The molecule has 16 aromatic rings. The van der Waals surface area contributed by atoms with Crippen molar-refractivity contribution in [2.75, 3.05) is 0 Å². The second-order valence-corrected chi connectivity index (χ2v) is 34.8. The number of alkyl halides is 6. The monoisotopic (exact) mass is 1750 g/mol. The molecule has 16 rings (SSSR count). The maximum Gasteiger partial charge on any atom is 3.00 e. The Bertz CT molecular complexity index is 4160. The topological polar surface area (TPSA) is 143 Å². The number of hydrogen-bond donors (Lipinski definition) is 0. The predicted molar refractivity (Wildman–Crippen MR) is 353 cm³/mol. The average molecular weight is 1760 g/mol. The van der Waals surface area contributed by atoms with E-state index in [9.17, 15) is 0 Å². The Balaban J connectivity index is 0.000000278. The Kier molecular flexibility index (Phi) is 27.0. The first-order valence-electron chi connectivity index (χ1n) is 25.8. The molecule has 34 heteroatoms.